The largest absolute Gasteiger partial charge is 0.433 e. The highest BCUT2D eigenvalue weighted by Gasteiger charge is 2.32. The summed E-state index contributed by atoms with van der Waals surface area (Å²) in [5.41, 5.74) is -0.904. The van der Waals surface area contributed by atoms with Crippen molar-refractivity contribution in [3.63, 3.8) is 0 Å². The molecular weight excluding hydrogens is 330 g/mol. The highest BCUT2D eigenvalue weighted by atomic mass is 35.5. The van der Waals surface area contributed by atoms with Crippen LogP contribution in [0.2, 0.25) is 10.2 Å². The molecule has 2 aromatic heterocycles. The van der Waals surface area contributed by atoms with E-state index in [2.05, 4.69) is 15.3 Å². The fraction of sp³-hybridized carbons (Fsp3) is 0.0833. The van der Waals surface area contributed by atoms with Crippen molar-refractivity contribution >= 4 is 34.8 Å². The molecule has 0 aromatic carbocycles. The number of carbonyl (C=O) groups is 1. The molecule has 0 spiro atoms. The van der Waals surface area contributed by atoms with Crippen LogP contribution < -0.4 is 5.32 Å². The van der Waals surface area contributed by atoms with Gasteiger partial charge in [0, 0.05) is 6.20 Å². The maximum atomic E-state index is 12.4. The van der Waals surface area contributed by atoms with E-state index in [1.165, 1.54) is 12.3 Å². The minimum atomic E-state index is -4.54. The molecule has 2 aromatic rings. The van der Waals surface area contributed by atoms with Gasteiger partial charge in [-0.2, -0.15) is 13.2 Å². The standard InChI is InChI=1S/C12H6Cl2F3N3O/c13-8-5-19-10(14)3-7(8)11(21)20-6-1-2-9(18-4-6)12(15,16)17/h1-5H,(H,20,21). The van der Waals surface area contributed by atoms with Crippen LogP contribution in [-0.4, -0.2) is 15.9 Å². The summed E-state index contributed by atoms with van der Waals surface area (Å²) in [6.45, 7) is 0. The summed E-state index contributed by atoms with van der Waals surface area (Å²) in [5.74, 6) is -0.633. The molecule has 4 nitrogen and oxygen atoms in total. The normalized spacial score (nSPS) is 11.3. The van der Waals surface area contributed by atoms with Crippen LogP contribution in [0.25, 0.3) is 0 Å². The Labute approximate surface area is 126 Å². The van der Waals surface area contributed by atoms with E-state index in [0.29, 0.717) is 0 Å². The third kappa shape index (κ3) is 3.83. The van der Waals surface area contributed by atoms with E-state index in [-0.39, 0.29) is 21.4 Å². The number of carbonyl (C=O) groups excluding carboxylic acids is 1. The predicted molar refractivity (Wildman–Crippen MR) is 71.4 cm³/mol. The molecule has 1 amide bonds. The molecule has 0 saturated carbocycles. The van der Waals surface area contributed by atoms with E-state index in [4.69, 9.17) is 23.2 Å². The van der Waals surface area contributed by atoms with Gasteiger partial charge in [-0.25, -0.2) is 9.97 Å². The summed E-state index contributed by atoms with van der Waals surface area (Å²) >= 11 is 11.4. The molecule has 0 bridgehead atoms. The lowest BCUT2D eigenvalue weighted by Gasteiger charge is -2.08. The fourth-order valence-electron chi connectivity index (χ4n) is 1.42. The molecule has 1 N–H and O–H groups in total. The van der Waals surface area contributed by atoms with Crippen molar-refractivity contribution in [3.05, 3.63) is 52.0 Å². The molecule has 2 rings (SSSR count). The van der Waals surface area contributed by atoms with Gasteiger partial charge in [0.25, 0.3) is 5.91 Å². The lowest BCUT2D eigenvalue weighted by Crippen LogP contribution is -2.14. The number of alkyl halides is 3. The second kappa shape index (κ2) is 5.87. The number of hydrogen-bond acceptors (Lipinski definition) is 3. The number of halogens is 5. The maximum Gasteiger partial charge on any atom is 0.433 e. The molecule has 21 heavy (non-hydrogen) atoms. The lowest BCUT2D eigenvalue weighted by atomic mass is 10.2. The van der Waals surface area contributed by atoms with Gasteiger partial charge in [-0.3, -0.25) is 4.79 Å². The van der Waals surface area contributed by atoms with Crippen molar-refractivity contribution in [2.24, 2.45) is 0 Å². The van der Waals surface area contributed by atoms with Gasteiger partial charge in [-0.05, 0) is 18.2 Å². The first-order valence-electron chi connectivity index (χ1n) is 5.43. The Kier molecular flexibility index (Phi) is 4.34. The topological polar surface area (TPSA) is 54.9 Å². The van der Waals surface area contributed by atoms with Crippen LogP contribution in [0.15, 0.2) is 30.6 Å². The number of aromatic nitrogens is 2. The summed E-state index contributed by atoms with van der Waals surface area (Å²) in [4.78, 5) is 18.8. The average molecular weight is 336 g/mol. The van der Waals surface area contributed by atoms with Gasteiger partial charge in [-0.1, -0.05) is 23.2 Å². The van der Waals surface area contributed by atoms with Crippen LogP contribution in [0, 0.1) is 0 Å². The van der Waals surface area contributed by atoms with Gasteiger partial charge in [0.05, 0.1) is 22.5 Å². The zero-order valence-corrected chi connectivity index (χ0v) is 11.6. The van der Waals surface area contributed by atoms with E-state index in [0.717, 1.165) is 18.3 Å². The quantitative estimate of drug-likeness (QED) is 0.842. The third-order valence-electron chi connectivity index (χ3n) is 2.38. The molecule has 0 aliphatic rings. The van der Waals surface area contributed by atoms with Gasteiger partial charge < -0.3 is 5.32 Å². The predicted octanol–water partition coefficient (Wildman–Crippen LogP) is 4.05. The van der Waals surface area contributed by atoms with E-state index in [9.17, 15) is 18.0 Å². The molecule has 0 aliphatic heterocycles. The summed E-state index contributed by atoms with van der Waals surface area (Å²) in [7, 11) is 0. The second-order valence-electron chi connectivity index (χ2n) is 3.87. The number of hydrogen-bond donors (Lipinski definition) is 1. The molecule has 0 saturated heterocycles. The first-order valence-corrected chi connectivity index (χ1v) is 6.18. The molecular formula is C12H6Cl2F3N3O. The minimum absolute atomic E-state index is 0.0524. The Bertz CT molecular complexity index is 674. The summed E-state index contributed by atoms with van der Waals surface area (Å²) < 4.78 is 37.1. The zero-order chi connectivity index (χ0) is 15.6. The van der Waals surface area contributed by atoms with E-state index in [1.54, 1.807) is 0 Å². The SMILES string of the molecule is O=C(Nc1ccc(C(F)(F)F)nc1)c1cc(Cl)ncc1Cl. The highest BCUT2D eigenvalue weighted by Crippen LogP contribution is 2.28. The van der Waals surface area contributed by atoms with Crippen molar-refractivity contribution in [3.8, 4) is 0 Å². The Morgan fingerprint density at radius 3 is 2.43 bits per heavy atom. The van der Waals surface area contributed by atoms with Gasteiger partial charge >= 0.3 is 6.18 Å². The molecule has 9 heteroatoms. The van der Waals surface area contributed by atoms with Crippen molar-refractivity contribution < 1.29 is 18.0 Å². The molecule has 0 atom stereocenters. The van der Waals surface area contributed by atoms with Gasteiger partial charge in [-0.15, -0.1) is 0 Å². The second-order valence-corrected chi connectivity index (χ2v) is 4.67. The Balaban J connectivity index is 2.18. The Morgan fingerprint density at radius 2 is 1.86 bits per heavy atom. The molecule has 0 aliphatic carbocycles. The molecule has 0 radical (unpaired) electrons. The van der Waals surface area contributed by atoms with Gasteiger partial charge in [0.15, 0.2) is 0 Å². The van der Waals surface area contributed by atoms with Crippen molar-refractivity contribution in [1.29, 1.82) is 0 Å². The van der Waals surface area contributed by atoms with Gasteiger partial charge in [0.2, 0.25) is 0 Å². The average Bonchev–Trinajstić information content (AvgIpc) is 2.41. The Hall–Kier alpha value is -1.86. The highest BCUT2D eigenvalue weighted by molar-refractivity contribution is 6.35. The van der Waals surface area contributed by atoms with Crippen LogP contribution in [0.4, 0.5) is 18.9 Å². The summed E-state index contributed by atoms with van der Waals surface area (Å²) in [6.07, 6.45) is -2.44. The van der Waals surface area contributed by atoms with Crippen LogP contribution in [0.1, 0.15) is 16.1 Å². The number of rotatable bonds is 2. The lowest BCUT2D eigenvalue weighted by molar-refractivity contribution is -0.141. The number of amides is 1. The van der Waals surface area contributed by atoms with Crippen LogP contribution in [-0.2, 0) is 6.18 Å². The smallest absolute Gasteiger partial charge is 0.321 e. The molecule has 110 valence electrons. The summed E-state index contributed by atoms with van der Waals surface area (Å²) in [5, 5.41) is 2.50. The number of nitrogens with one attached hydrogen (secondary N) is 1. The summed E-state index contributed by atoms with van der Waals surface area (Å²) in [6, 6.07) is 3.10. The fourth-order valence-corrected chi connectivity index (χ4v) is 1.77. The van der Waals surface area contributed by atoms with E-state index >= 15 is 0 Å². The van der Waals surface area contributed by atoms with E-state index in [1.807, 2.05) is 0 Å². The van der Waals surface area contributed by atoms with E-state index < -0.39 is 17.8 Å². The van der Waals surface area contributed by atoms with Gasteiger partial charge in [0.1, 0.15) is 10.8 Å². The molecule has 2 heterocycles. The first kappa shape index (κ1) is 15.5. The number of nitrogens with zero attached hydrogens (tertiary/aromatic N) is 2. The van der Waals surface area contributed by atoms with Crippen molar-refractivity contribution in [1.82, 2.24) is 9.97 Å². The number of pyridine rings is 2. The van der Waals surface area contributed by atoms with Crippen LogP contribution in [0.5, 0.6) is 0 Å². The maximum absolute atomic E-state index is 12.4. The van der Waals surface area contributed by atoms with Crippen molar-refractivity contribution in [2.75, 3.05) is 5.32 Å². The van der Waals surface area contributed by atoms with Crippen LogP contribution >= 0.6 is 23.2 Å². The van der Waals surface area contributed by atoms with Crippen molar-refractivity contribution in [2.45, 2.75) is 6.18 Å². The third-order valence-corrected chi connectivity index (χ3v) is 2.89. The molecule has 0 unspecified atom stereocenters. The van der Waals surface area contributed by atoms with Crippen LogP contribution in [0.3, 0.4) is 0 Å². The zero-order valence-electron chi connectivity index (χ0n) is 10.1. The monoisotopic (exact) mass is 335 g/mol. The number of anilines is 1. The minimum Gasteiger partial charge on any atom is -0.321 e. The Morgan fingerprint density at radius 1 is 1.14 bits per heavy atom. The molecule has 0 fully saturated rings. The first-order chi connectivity index (χ1) is 9.77.